The van der Waals surface area contributed by atoms with E-state index in [1.807, 2.05) is 29.8 Å². The highest BCUT2D eigenvalue weighted by atomic mass is 32.1. The molecule has 0 saturated heterocycles. The first kappa shape index (κ1) is 13.9. The van der Waals surface area contributed by atoms with Crippen molar-refractivity contribution >= 4 is 18.1 Å². The Kier molecular flexibility index (Phi) is 3.83. The molecule has 3 rings (SSSR count). The molecule has 2 aromatic rings. The van der Waals surface area contributed by atoms with Crippen LogP contribution in [0.15, 0.2) is 24.5 Å². The van der Waals surface area contributed by atoms with Crippen LogP contribution in [-0.4, -0.2) is 32.2 Å². The lowest BCUT2D eigenvalue weighted by molar-refractivity contribution is -0.122. The molecule has 7 heteroatoms. The second kappa shape index (κ2) is 5.77. The number of nitrogens with zero attached hydrogens (tertiary/aromatic N) is 3. The fraction of sp³-hybridized carbons (Fsp3) is 0.429. The molecule has 2 N–H and O–H groups in total. The average Bonchev–Trinajstić information content (AvgIpc) is 3.24. The first-order chi connectivity index (χ1) is 10.2. The summed E-state index contributed by atoms with van der Waals surface area (Å²) in [6.45, 7) is 3.08. The Morgan fingerprint density at radius 2 is 2.48 bits per heavy atom. The average molecular weight is 303 g/mol. The van der Waals surface area contributed by atoms with Crippen molar-refractivity contribution < 1.29 is 4.79 Å². The van der Waals surface area contributed by atoms with E-state index in [9.17, 15) is 4.79 Å². The summed E-state index contributed by atoms with van der Waals surface area (Å²) in [5, 5.41) is 9.74. The van der Waals surface area contributed by atoms with E-state index in [0.29, 0.717) is 23.8 Å². The predicted molar refractivity (Wildman–Crippen MR) is 80.2 cm³/mol. The molecule has 110 valence electrons. The Hall–Kier alpha value is -2.02. The zero-order chi connectivity index (χ0) is 14.8. The molecule has 2 atom stereocenters. The maximum Gasteiger partial charge on any atom is 0.223 e. The Balaban J connectivity index is 1.49. The molecule has 0 aliphatic heterocycles. The smallest absolute Gasteiger partial charge is 0.223 e. The molecule has 2 heterocycles. The van der Waals surface area contributed by atoms with E-state index in [1.54, 1.807) is 6.20 Å². The summed E-state index contributed by atoms with van der Waals surface area (Å²) in [5.41, 5.74) is 1.14. The molecule has 6 nitrogen and oxygen atoms in total. The van der Waals surface area contributed by atoms with E-state index in [4.69, 9.17) is 12.2 Å². The molecule has 2 aromatic heterocycles. The van der Waals surface area contributed by atoms with Crippen molar-refractivity contribution in [3.05, 3.63) is 40.7 Å². The summed E-state index contributed by atoms with van der Waals surface area (Å²) in [6, 6.07) is 3.94. The van der Waals surface area contributed by atoms with E-state index in [1.165, 1.54) is 0 Å². The van der Waals surface area contributed by atoms with Crippen LogP contribution in [0.25, 0.3) is 0 Å². The number of carbonyl (C=O) groups excluding carboxylic acids is 1. The van der Waals surface area contributed by atoms with E-state index in [0.717, 1.165) is 17.8 Å². The van der Waals surface area contributed by atoms with Gasteiger partial charge < -0.3 is 9.88 Å². The van der Waals surface area contributed by atoms with Crippen LogP contribution < -0.4 is 5.32 Å². The van der Waals surface area contributed by atoms with Crippen LogP contribution in [0, 0.1) is 17.6 Å². The summed E-state index contributed by atoms with van der Waals surface area (Å²) in [5.74, 6) is 1.33. The summed E-state index contributed by atoms with van der Waals surface area (Å²) in [6.07, 6.45) is 4.49. The van der Waals surface area contributed by atoms with Crippen LogP contribution in [0.4, 0.5) is 0 Å². The molecule has 0 aromatic carbocycles. The second-order valence-electron chi connectivity index (χ2n) is 5.25. The van der Waals surface area contributed by atoms with E-state index >= 15 is 0 Å². The number of hydrogen-bond acceptors (Lipinski definition) is 4. The minimum Gasteiger partial charge on any atom is -0.354 e. The standard InChI is InChI=1S/C14H17N5OS/c1-9-17-18-14(21)19(9)6-5-16-13(20)12-7-11(12)10-3-2-4-15-8-10/h2-4,8,11-12H,5-7H2,1H3,(H,16,20)(H,18,21)/t11-,12-/m1/s1. The fourth-order valence-electron chi connectivity index (χ4n) is 2.53. The maximum atomic E-state index is 12.1. The van der Waals surface area contributed by atoms with Gasteiger partial charge in [0, 0.05) is 31.4 Å². The van der Waals surface area contributed by atoms with E-state index < -0.39 is 0 Å². The van der Waals surface area contributed by atoms with Crippen LogP contribution in [0.3, 0.4) is 0 Å². The molecule has 0 bridgehead atoms. The maximum absolute atomic E-state index is 12.1. The first-order valence-electron chi connectivity index (χ1n) is 6.96. The number of aryl methyl sites for hydroxylation is 1. The molecule has 1 fully saturated rings. The van der Waals surface area contributed by atoms with Crippen LogP contribution in [0.2, 0.25) is 0 Å². The van der Waals surface area contributed by atoms with Crippen molar-refractivity contribution in [1.29, 1.82) is 0 Å². The normalized spacial score (nSPS) is 20.2. The van der Waals surface area contributed by atoms with Gasteiger partial charge in [-0.25, -0.2) is 0 Å². The number of nitrogens with one attached hydrogen (secondary N) is 2. The zero-order valence-corrected chi connectivity index (χ0v) is 12.6. The van der Waals surface area contributed by atoms with Gasteiger partial charge in [0.15, 0.2) is 4.77 Å². The van der Waals surface area contributed by atoms with Crippen LogP contribution in [0.5, 0.6) is 0 Å². The topological polar surface area (TPSA) is 75.6 Å². The predicted octanol–water partition coefficient (Wildman–Crippen LogP) is 1.56. The highest BCUT2D eigenvalue weighted by Crippen LogP contribution is 2.47. The lowest BCUT2D eigenvalue weighted by Crippen LogP contribution is -2.29. The van der Waals surface area contributed by atoms with Gasteiger partial charge in [-0.1, -0.05) is 6.07 Å². The van der Waals surface area contributed by atoms with Crippen molar-refractivity contribution in [2.45, 2.75) is 25.8 Å². The van der Waals surface area contributed by atoms with Gasteiger partial charge in [-0.05, 0) is 43.1 Å². The molecule has 0 radical (unpaired) electrons. The van der Waals surface area contributed by atoms with Gasteiger partial charge in [-0.2, -0.15) is 5.10 Å². The van der Waals surface area contributed by atoms with E-state index in [2.05, 4.69) is 20.5 Å². The van der Waals surface area contributed by atoms with Crippen LogP contribution in [0.1, 0.15) is 23.7 Å². The summed E-state index contributed by atoms with van der Waals surface area (Å²) in [7, 11) is 0. The number of pyridine rings is 1. The van der Waals surface area contributed by atoms with Gasteiger partial charge in [-0.15, -0.1) is 0 Å². The van der Waals surface area contributed by atoms with Crippen LogP contribution >= 0.6 is 12.2 Å². The molecule has 0 unspecified atom stereocenters. The molecule has 21 heavy (non-hydrogen) atoms. The fourth-order valence-corrected chi connectivity index (χ4v) is 2.80. The molecule has 0 spiro atoms. The Bertz CT molecular complexity index is 693. The van der Waals surface area contributed by atoms with Crippen molar-refractivity contribution in [3.63, 3.8) is 0 Å². The number of aromatic nitrogens is 4. The number of aromatic amines is 1. The summed E-state index contributed by atoms with van der Waals surface area (Å²) >= 11 is 5.12. The van der Waals surface area contributed by atoms with E-state index in [-0.39, 0.29) is 11.8 Å². The Morgan fingerprint density at radius 1 is 1.62 bits per heavy atom. The van der Waals surface area contributed by atoms with Crippen molar-refractivity contribution in [1.82, 2.24) is 25.1 Å². The third-order valence-electron chi connectivity index (χ3n) is 3.82. The quantitative estimate of drug-likeness (QED) is 0.822. The first-order valence-corrected chi connectivity index (χ1v) is 7.37. The molecular formula is C14H17N5OS. The van der Waals surface area contributed by atoms with Crippen molar-refractivity contribution in [2.24, 2.45) is 5.92 Å². The molecule has 1 amide bonds. The third-order valence-corrected chi connectivity index (χ3v) is 4.14. The zero-order valence-electron chi connectivity index (χ0n) is 11.7. The number of amides is 1. The Labute approximate surface area is 127 Å². The number of rotatable bonds is 5. The second-order valence-corrected chi connectivity index (χ2v) is 5.64. The minimum atomic E-state index is 0.0765. The van der Waals surface area contributed by atoms with Gasteiger partial charge in [0.2, 0.25) is 5.91 Å². The molecule has 1 aliphatic rings. The highest BCUT2D eigenvalue weighted by molar-refractivity contribution is 7.71. The minimum absolute atomic E-state index is 0.0765. The van der Waals surface area contributed by atoms with Crippen molar-refractivity contribution in [2.75, 3.05) is 6.54 Å². The number of H-pyrrole nitrogens is 1. The van der Waals surface area contributed by atoms with Gasteiger partial charge in [-0.3, -0.25) is 14.9 Å². The lowest BCUT2D eigenvalue weighted by Gasteiger charge is -2.06. The molecule has 1 aliphatic carbocycles. The summed E-state index contributed by atoms with van der Waals surface area (Å²) < 4.78 is 2.46. The van der Waals surface area contributed by atoms with Gasteiger partial charge in [0.05, 0.1) is 0 Å². The molecule has 1 saturated carbocycles. The third kappa shape index (κ3) is 3.02. The Morgan fingerprint density at radius 3 is 3.14 bits per heavy atom. The number of carbonyl (C=O) groups is 1. The monoisotopic (exact) mass is 303 g/mol. The van der Waals surface area contributed by atoms with Crippen molar-refractivity contribution in [3.8, 4) is 0 Å². The van der Waals surface area contributed by atoms with Gasteiger partial charge in [0.25, 0.3) is 0 Å². The van der Waals surface area contributed by atoms with Crippen LogP contribution in [-0.2, 0) is 11.3 Å². The number of hydrogen-bond donors (Lipinski definition) is 2. The summed E-state index contributed by atoms with van der Waals surface area (Å²) in [4.78, 5) is 16.2. The van der Waals surface area contributed by atoms with Gasteiger partial charge >= 0.3 is 0 Å². The SMILES string of the molecule is Cc1n[nH]c(=S)n1CCNC(=O)[C@@H]1C[C@@H]1c1cccnc1. The van der Waals surface area contributed by atoms with Gasteiger partial charge in [0.1, 0.15) is 5.82 Å². The highest BCUT2D eigenvalue weighted by Gasteiger charge is 2.43. The lowest BCUT2D eigenvalue weighted by atomic mass is 10.1. The largest absolute Gasteiger partial charge is 0.354 e. The molecular weight excluding hydrogens is 286 g/mol.